The van der Waals surface area contributed by atoms with Crippen LogP contribution in [-0.2, 0) is 0 Å². The van der Waals surface area contributed by atoms with Crippen LogP contribution in [0.1, 0.15) is 31.2 Å². The van der Waals surface area contributed by atoms with Gasteiger partial charge in [-0.15, -0.1) is 0 Å². The molecule has 0 radical (unpaired) electrons. The van der Waals surface area contributed by atoms with E-state index in [1.807, 2.05) is 67.0 Å². The first-order valence-corrected chi connectivity index (χ1v) is 8.63. The maximum atomic E-state index is 5.69. The van der Waals surface area contributed by atoms with Gasteiger partial charge in [0, 0.05) is 18.0 Å². The van der Waals surface area contributed by atoms with Gasteiger partial charge in [0.2, 0.25) is 0 Å². The molecule has 3 heteroatoms. The van der Waals surface area contributed by atoms with Crippen molar-refractivity contribution in [2.45, 2.75) is 19.8 Å². The quantitative estimate of drug-likeness (QED) is 0.537. The zero-order chi connectivity index (χ0) is 17.3. The Hall–Kier alpha value is -2.94. The summed E-state index contributed by atoms with van der Waals surface area (Å²) in [5.41, 5.74) is 3.22. The molecule has 1 heterocycles. The molecule has 126 valence electrons. The van der Waals surface area contributed by atoms with Crippen molar-refractivity contribution in [1.82, 2.24) is 9.97 Å². The lowest BCUT2D eigenvalue weighted by Crippen LogP contribution is -1.96. The molecule has 0 bridgehead atoms. The molecule has 0 aliphatic heterocycles. The number of hydrogen-bond acceptors (Lipinski definition) is 3. The average molecular weight is 330 g/mol. The van der Waals surface area contributed by atoms with Gasteiger partial charge in [0.05, 0.1) is 6.61 Å². The van der Waals surface area contributed by atoms with Crippen LogP contribution in [0, 0.1) is 0 Å². The fraction of sp³-hybridized carbons (Fsp3) is 0.182. The van der Waals surface area contributed by atoms with Crippen LogP contribution < -0.4 is 4.74 Å². The summed E-state index contributed by atoms with van der Waals surface area (Å²) in [6.07, 6.45) is 9.85. The SMILES string of the molecule is CCCCOc1ccc(-c2cnc(C=Cc3ccccc3)nc2)cc1. The molecule has 0 atom stereocenters. The molecule has 0 saturated heterocycles. The maximum absolute atomic E-state index is 5.69. The normalized spacial score (nSPS) is 10.9. The molecule has 2 aromatic carbocycles. The highest BCUT2D eigenvalue weighted by molar-refractivity contribution is 5.67. The Labute approximate surface area is 149 Å². The molecule has 0 fully saturated rings. The Balaban J connectivity index is 1.64. The van der Waals surface area contributed by atoms with Crippen LogP contribution in [0.25, 0.3) is 23.3 Å². The number of nitrogens with zero attached hydrogens (tertiary/aromatic N) is 2. The van der Waals surface area contributed by atoms with Gasteiger partial charge in [0.1, 0.15) is 5.75 Å². The molecule has 3 nitrogen and oxygen atoms in total. The van der Waals surface area contributed by atoms with E-state index in [-0.39, 0.29) is 0 Å². The number of ether oxygens (including phenoxy) is 1. The number of rotatable bonds is 7. The summed E-state index contributed by atoms with van der Waals surface area (Å²) in [6.45, 7) is 2.92. The first-order chi connectivity index (χ1) is 12.3. The van der Waals surface area contributed by atoms with Gasteiger partial charge < -0.3 is 4.74 Å². The minimum atomic E-state index is 0.701. The van der Waals surface area contributed by atoms with Gasteiger partial charge in [0.15, 0.2) is 5.82 Å². The van der Waals surface area contributed by atoms with E-state index in [2.05, 4.69) is 29.0 Å². The van der Waals surface area contributed by atoms with Crippen molar-refractivity contribution in [2.24, 2.45) is 0 Å². The number of unbranched alkanes of at least 4 members (excludes halogenated alkanes) is 1. The Bertz CT molecular complexity index is 794. The van der Waals surface area contributed by atoms with Gasteiger partial charge in [-0.3, -0.25) is 0 Å². The van der Waals surface area contributed by atoms with Gasteiger partial charge in [-0.05, 0) is 35.8 Å². The number of benzene rings is 2. The van der Waals surface area contributed by atoms with Crippen molar-refractivity contribution >= 4 is 12.2 Å². The lowest BCUT2D eigenvalue weighted by Gasteiger charge is -2.06. The minimum absolute atomic E-state index is 0.701. The molecule has 0 saturated carbocycles. The van der Waals surface area contributed by atoms with E-state index in [4.69, 9.17) is 4.74 Å². The van der Waals surface area contributed by atoms with E-state index >= 15 is 0 Å². The van der Waals surface area contributed by atoms with Crippen LogP contribution in [0.5, 0.6) is 5.75 Å². The van der Waals surface area contributed by atoms with E-state index in [1.54, 1.807) is 0 Å². The second-order valence-electron chi connectivity index (χ2n) is 5.80. The second-order valence-corrected chi connectivity index (χ2v) is 5.80. The summed E-state index contributed by atoms with van der Waals surface area (Å²) in [7, 11) is 0. The Morgan fingerprint density at radius 3 is 2.24 bits per heavy atom. The summed E-state index contributed by atoms with van der Waals surface area (Å²) in [4.78, 5) is 8.85. The molecule has 25 heavy (non-hydrogen) atoms. The fourth-order valence-corrected chi connectivity index (χ4v) is 2.39. The molecule has 0 unspecified atom stereocenters. The van der Waals surface area contributed by atoms with Gasteiger partial charge in [-0.1, -0.05) is 61.9 Å². The summed E-state index contributed by atoms with van der Waals surface area (Å²) in [5, 5.41) is 0. The Morgan fingerprint density at radius 1 is 0.840 bits per heavy atom. The van der Waals surface area contributed by atoms with Gasteiger partial charge in [0.25, 0.3) is 0 Å². The van der Waals surface area contributed by atoms with Crippen LogP contribution in [0.2, 0.25) is 0 Å². The Kier molecular flexibility index (Phi) is 5.94. The summed E-state index contributed by atoms with van der Waals surface area (Å²) >= 11 is 0. The largest absolute Gasteiger partial charge is 0.494 e. The van der Waals surface area contributed by atoms with Crippen LogP contribution in [0.4, 0.5) is 0 Å². The standard InChI is InChI=1S/C22H22N2O/c1-2-3-15-25-21-12-10-19(11-13-21)20-16-23-22(24-17-20)14-9-18-7-5-4-6-8-18/h4-14,16-17H,2-3,15H2,1H3. The zero-order valence-corrected chi connectivity index (χ0v) is 14.4. The van der Waals surface area contributed by atoms with E-state index in [9.17, 15) is 0 Å². The molecule has 0 aliphatic rings. The molecule has 3 rings (SSSR count). The monoisotopic (exact) mass is 330 g/mol. The number of aromatic nitrogens is 2. The Morgan fingerprint density at radius 2 is 1.56 bits per heavy atom. The minimum Gasteiger partial charge on any atom is -0.494 e. The van der Waals surface area contributed by atoms with Crippen LogP contribution in [-0.4, -0.2) is 16.6 Å². The highest BCUT2D eigenvalue weighted by Crippen LogP contribution is 2.21. The van der Waals surface area contributed by atoms with E-state index in [1.165, 1.54) is 0 Å². The molecule has 0 N–H and O–H groups in total. The van der Waals surface area contributed by atoms with Crippen molar-refractivity contribution in [3.63, 3.8) is 0 Å². The molecular weight excluding hydrogens is 308 g/mol. The predicted molar refractivity (Wildman–Crippen MR) is 103 cm³/mol. The summed E-state index contributed by atoms with van der Waals surface area (Å²) in [5.74, 6) is 1.60. The third-order valence-electron chi connectivity index (χ3n) is 3.85. The molecule has 3 aromatic rings. The van der Waals surface area contributed by atoms with Gasteiger partial charge >= 0.3 is 0 Å². The molecule has 1 aromatic heterocycles. The van der Waals surface area contributed by atoms with Crippen LogP contribution >= 0.6 is 0 Å². The third kappa shape index (κ3) is 5.01. The number of hydrogen-bond donors (Lipinski definition) is 0. The zero-order valence-electron chi connectivity index (χ0n) is 14.4. The molecular formula is C22H22N2O. The average Bonchev–Trinajstić information content (AvgIpc) is 2.68. The molecule has 0 spiro atoms. The van der Waals surface area contributed by atoms with Crippen molar-refractivity contribution in [3.8, 4) is 16.9 Å². The van der Waals surface area contributed by atoms with E-state index in [0.717, 1.165) is 41.9 Å². The summed E-state index contributed by atoms with van der Waals surface area (Å²) < 4.78 is 5.69. The fourth-order valence-electron chi connectivity index (χ4n) is 2.39. The maximum Gasteiger partial charge on any atom is 0.151 e. The van der Waals surface area contributed by atoms with Gasteiger partial charge in [-0.25, -0.2) is 9.97 Å². The van der Waals surface area contributed by atoms with E-state index in [0.29, 0.717) is 5.82 Å². The first kappa shape index (κ1) is 16.9. The van der Waals surface area contributed by atoms with Crippen molar-refractivity contribution in [1.29, 1.82) is 0 Å². The van der Waals surface area contributed by atoms with Crippen LogP contribution in [0.15, 0.2) is 67.0 Å². The van der Waals surface area contributed by atoms with E-state index < -0.39 is 0 Å². The lowest BCUT2D eigenvalue weighted by molar-refractivity contribution is 0.309. The molecule has 0 amide bonds. The van der Waals surface area contributed by atoms with Crippen molar-refractivity contribution < 1.29 is 4.74 Å². The van der Waals surface area contributed by atoms with Gasteiger partial charge in [-0.2, -0.15) is 0 Å². The molecule has 0 aliphatic carbocycles. The second kappa shape index (κ2) is 8.78. The smallest absolute Gasteiger partial charge is 0.151 e. The lowest BCUT2D eigenvalue weighted by atomic mass is 10.1. The first-order valence-electron chi connectivity index (χ1n) is 8.63. The van der Waals surface area contributed by atoms with Crippen molar-refractivity contribution in [3.05, 3.63) is 78.4 Å². The summed E-state index contributed by atoms with van der Waals surface area (Å²) in [6, 6.07) is 18.2. The van der Waals surface area contributed by atoms with Crippen LogP contribution in [0.3, 0.4) is 0 Å². The van der Waals surface area contributed by atoms with Crippen molar-refractivity contribution in [2.75, 3.05) is 6.61 Å². The highest BCUT2D eigenvalue weighted by atomic mass is 16.5. The topological polar surface area (TPSA) is 35.0 Å². The third-order valence-corrected chi connectivity index (χ3v) is 3.85. The highest BCUT2D eigenvalue weighted by Gasteiger charge is 2.00. The predicted octanol–water partition coefficient (Wildman–Crippen LogP) is 5.49.